The van der Waals surface area contributed by atoms with E-state index in [0.29, 0.717) is 16.7 Å². The van der Waals surface area contributed by atoms with Gasteiger partial charge in [0.2, 0.25) is 0 Å². The van der Waals surface area contributed by atoms with E-state index in [2.05, 4.69) is 15.8 Å². The van der Waals surface area contributed by atoms with Crippen LogP contribution in [-0.4, -0.2) is 17.4 Å². The third kappa shape index (κ3) is 5.29. The quantitative estimate of drug-likeness (QED) is 0.503. The van der Waals surface area contributed by atoms with Crippen molar-refractivity contribution >= 4 is 23.5 Å². The number of benzene rings is 1. The zero-order chi connectivity index (χ0) is 16.0. The maximum Gasteiger partial charge on any atom is 0.416 e. The van der Waals surface area contributed by atoms with Gasteiger partial charge in [0.05, 0.1) is 11.8 Å². The van der Waals surface area contributed by atoms with E-state index in [9.17, 15) is 13.2 Å². The minimum absolute atomic E-state index is 0.359. The molecule has 0 bridgehead atoms. The second-order valence-electron chi connectivity index (χ2n) is 5.30. The maximum atomic E-state index is 12.6. The Bertz CT molecular complexity index is 537. The summed E-state index contributed by atoms with van der Waals surface area (Å²) in [5, 5.41) is 7.45. The molecule has 0 aliphatic heterocycles. The predicted molar refractivity (Wildman–Crippen MR) is 84.8 cm³/mol. The molecule has 1 aliphatic carbocycles. The van der Waals surface area contributed by atoms with E-state index in [1.807, 2.05) is 0 Å². The first-order valence-electron chi connectivity index (χ1n) is 7.22. The summed E-state index contributed by atoms with van der Waals surface area (Å²) in [6.45, 7) is 0. The highest BCUT2D eigenvalue weighted by molar-refractivity contribution is 7.80. The molecule has 0 aromatic heterocycles. The fraction of sp³-hybridized carbons (Fsp3) is 0.467. The van der Waals surface area contributed by atoms with Crippen LogP contribution in [0.4, 0.5) is 13.2 Å². The molecule has 120 valence electrons. The number of halogens is 3. The number of alkyl halides is 3. The number of thiocarbonyl (C=S) groups is 1. The van der Waals surface area contributed by atoms with Crippen LogP contribution in [0.3, 0.4) is 0 Å². The van der Waals surface area contributed by atoms with Crippen molar-refractivity contribution in [3.8, 4) is 0 Å². The second-order valence-corrected chi connectivity index (χ2v) is 5.71. The Morgan fingerprint density at radius 2 is 1.95 bits per heavy atom. The van der Waals surface area contributed by atoms with E-state index in [4.69, 9.17) is 12.2 Å². The molecule has 1 aromatic rings. The zero-order valence-corrected chi connectivity index (χ0v) is 12.8. The van der Waals surface area contributed by atoms with Crippen LogP contribution < -0.4 is 10.7 Å². The van der Waals surface area contributed by atoms with E-state index < -0.39 is 11.7 Å². The van der Waals surface area contributed by atoms with E-state index in [1.54, 1.807) is 6.07 Å². The number of nitrogens with one attached hydrogen (secondary N) is 2. The third-order valence-electron chi connectivity index (χ3n) is 3.53. The SMILES string of the molecule is FC(F)(F)c1cccc(/C=N/NC(=S)NC2CCCCC2)c1. The molecule has 0 atom stereocenters. The van der Waals surface area contributed by atoms with E-state index in [1.165, 1.54) is 31.5 Å². The molecule has 1 aromatic carbocycles. The molecule has 0 unspecified atom stereocenters. The molecule has 0 saturated heterocycles. The van der Waals surface area contributed by atoms with Gasteiger partial charge in [-0.25, -0.2) is 0 Å². The van der Waals surface area contributed by atoms with Crippen molar-refractivity contribution in [2.75, 3.05) is 0 Å². The number of rotatable bonds is 3. The van der Waals surface area contributed by atoms with Gasteiger partial charge in [0.15, 0.2) is 5.11 Å². The minimum atomic E-state index is -4.35. The monoisotopic (exact) mass is 329 g/mol. The summed E-state index contributed by atoms with van der Waals surface area (Å²) in [6.07, 6.45) is 2.77. The first kappa shape index (κ1) is 16.7. The average Bonchev–Trinajstić information content (AvgIpc) is 2.48. The molecular formula is C15H18F3N3S. The van der Waals surface area contributed by atoms with Gasteiger partial charge in [-0.2, -0.15) is 18.3 Å². The van der Waals surface area contributed by atoms with Crippen molar-refractivity contribution in [2.24, 2.45) is 5.10 Å². The lowest BCUT2D eigenvalue weighted by Gasteiger charge is -2.23. The average molecular weight is 329 g/mol. The van der Waals surface area contributed by atoms with Gasteiger partial charge in [-0.05, 0) is 42.8 Å². The van der Waals surface area contributed by atoms with Gasteiger partial charge in [0.25, 0.3) is 0 Å². The maximum absolute atomic E-state index is 12.6. The lowest BCUT2D eigenvalue weighted by molar-refractivity contribution is -0.137. The highest BCUT2D eigenvalue weighted by atomic mass is 32.1. The van der Waals surface area contributed by atoms with Crippen LogP contribution in [-0.2, 0) is 6.18 Å². The summed E-state index contributed by atoms with van der Waals surface area (Å²) in [4.78, 5) is 0. The Kier molecular flexibility index (Phi) is 5.76. The van der Waals surface area contributed by atoms with Crippen LogP contribution in [0, 0.1) is 0 Å². The molecule has 0 radical (unpaired) electrons. The molecule has 1 saturated carbocycles. The largest absolute Gasteiger partial charge is 0.416 e. The highest BCUT2D eigenvalue weighted by Gasteiger charge is 2.30. The van der Waals surface area contributed by atoms with Crippen LogP contribution in [0.1, 0.15) is 43.2 Å². The molecule has 0 amide bonds. The fourth-order valence-corrected chi connectivity index (χ4v) is 2.64. The number of nitrogens with zero attached hydrogens (tertiary/aromatic N) is 1. The molecule has 1 fully saturated rings. The lowest BCUT2D eigenvalue weighted by Crippen LogP contribution is -2.40. The Hall–Kier alpha value is -1.63. The standard InChI is InChI=1S/C15H18F3N3S/c16-15(17,18)12-6-4-5-11(9-12)10-19-21-14(22)20-13-7-2-1-3-8-13/h4-6,9-10,13H,1-3,7-8H2,(H2,20,21,22)/b19-10+. The third-order valence-corrected chi connectivity index (χ3v) is 3.74. The summed E-state index contributed by atoms with van der Waals surface area (Å²) in [7, 11) is 0. The molecule has 0 heterocycles. The summed E-state index contributed by atoms with van der Waals surface area (Å²) < 4.78 is 37.8. The van der Waals surface area contributed by atoms with Crippen LogP contribution in [0.5, 0.6) is 0 Å². The summed E-state index contributed by atoms with van der Waals surface area (Å²) in [5.74, 6) is 0. The van der Waals surface area contributed by atoms with E-state index >= 15 is 0 Å². The summed E-state index contributed by atoms with van der Waals surface area (Å²) in [6, 6.07) is 5.33. The molecule has 7 heteroatoms. The Morgan fingerprint density at radius 3 is 2.64 bits per heavy atom. The van der Waals surface area contributed by atoms with Crippen molar-refractivity contribution in [3.05, 3.63) is 35.4 Å². The molecule has 22 heavy (non-hydrogen) atoms. The number of hydrogen-bond donors (Lipinski definition) is 2. The Labute approximate surface area is 133 Å². The van der Waals surface area contributed by atoms with Gasteiger partial charge in [-0.3, -0.25) is 5.43 Å². The van der Waals surface area contributed by atoms with Crippen molar-refractivity contribution in [1.29, 1.82) is 0 Å². The topological polar surface area (TPSA) is 36.4 Å². The fourth-order valence-electron chi connectivity index (χ4n) is 2.43. The van der Waals surface area contributed by atoms with Gasteiger partial charge < -0.3 is 5.32 Å². The molecule has 2 rings (SSSR count). The highest BCUT2D eigenvalue weighted by Crippen LogP contribution is 2.29. The van der Waals surface area contributed by atoms with E-state index in [-0.39, 0.29) is 0 Å². The lowest BCUT2D eigenvalue weighted by atomic mass is 9.96. The molecule has 3 nitrogen and oxygen atoms in total. The number of hydrazone groups is 1. The van der Waals surface area contributed by atoms with Crippen LogP contribution in [0.25, 0.3) is 0 Å². The van der Waals surface area contributed by atoms with Gasteiger partial charge in [0, 0.05) is 6.04 Å². The molecule has 1 aliphatic rings. The minimum Gasteiger partial charge on any atom is -0.359 e. The van der Waals surface area contributed by atoms with Gasteiger partial charge in [-0.1, -0.05) is 31.4 Å². The smallest absolute Gasteiger partial charge is 0.359 e. The van der Waals surface area contributed by atoms with Gasteiger partial charge >= 0.3 is 6.18 Å². The van der Waals surface area contributed by atoms with Crippen molar-refractivity contribution in [3.63, 3.8) is 0 Å². The van der Waals surface area contributed by atoms with Crippen LogP contribution >= 0.6 is 12.2 Å². The van der Waals surface area contributed by atoms with Crippen molar-refractivity contribution in [2.45, 2.75) is 44.3 Å². The predicted octanol–water partition coefficient (Wildman–Crippen LogP) is 3.84. The molecule has 0 spiro atoms. The Balaban J connectivity index is 1.85. The first-order valence-corrected chi connectivity index (χ1v) is 7.63. The van der Waals surface area contributed by atoms with E-state index in [0.717, 1.165) is 25.0 Å². The molecule has 2 N–H and O–H groups in total. The Morgan fingerprint density at radius 1 is 1.23 bits per heavy atom. The summed E-state index contributed by atoms with van der Waals surface area (Å²) >= 11 is 5.12. The van der Waals surface area contributed by atoms with Crippen LogP contribution in [0.2, 0.25) is 0 Å². The van der Waals surface area contributed by atoms with Crippen molar-refractivity contribution in [1.82, 2.24) is 10.7 Å². The first-order chi connectivity index (χ1) is 10.4. The normalized spacial score (nSPS) is 16.7. The molecular weight excluding hydrogens is 311 g/mol. The van der Waals surface area contributed by atoms with Gasteiger partial charge in [-0.15, -0.1) is 0 Å². The number of hydrogen-bond acceptors (Lipinski definition) is 2. The second kappa shape index (κ2) is 7.58. The van der Waals surface area contributed by atoms with Gasteiger partial charge in [0.1, 0.15) is 0 Å². The van der Waals surface area contributed by atoms with Crippen LogP contribution in [0.15, 0.2) is 29.4 Å². The zero-order valence-electron chi connectivity index (χ0n) is 12.0. The summed E-state index contributed by atoms with van der Waals surface area (Å²) in [5.41, 5.74) is 2.31. The van der Waals surface area contributed by atoms with Crippen molar-refractivity contribution < 1.29 is 13.2 Å².